The van der Waals surface area contributed by atoms with Gasteiger partial charge in [0.1, 0.15) is 13.2 Å². The summed E-state index contributed by atoms with van der Waals surface area (Å²) < 4.78 is 44.3. The molecule has 1 N–H and O–H groups in total. The molecule has 9 nitrogen and oxygen atoms in total. The van der Waals surface area contributed by atoms with Crippen LogP contribution in [-0.4, -0.2) is 71.2 Å². The molecule has 34 heavy (non-hydrogen) atoms. The second-order valence-corrected chi connectivity index (χ2v) is 10.5. The van der Waals surface area contributed by atoms with Crippen molar-refractivity contribution in [2.75, 3.05) is 62.8 Å². The largest absolute Gasteiger partial charge is 0.486 e. The zero-order valence-corrected chi connectivity index (χ0v) is 19.8. The van der Waals surface area contributed by atoms with E-state index in [2.05, 4.69) is 10.2 Å². The Morgan fingerprint density at radius 3 is 2.35 bits per heavy atom. The number of hydrogen-bond donors (Lipinski definition) is 1. The molecule has 0 saturated carbocycles. The van der Waals surface area contributed by atoms with Gasteiger partial charge in [0, 0.05) is 38.2 Å². The second-order valence-electron chi connectivity index (χ2n) is 8.59. The topological polar surface area (TPSA) is 97.4 Å². The quantitative estimate of drug-likeness (QED) is 0.691. The molecule has 2 saturated heterocycles. The third-order valence-corrected chi connectivity index (χ3v) is 8.38. The fraction of sp³-hybridized carbons (Fsp3) is 0.458. The predicted molar refractivity (Wildman–Crippen MR) is 127 cm³/mol. The summed E-state index contributed by atoms with van der Waals surface area (Å²) in [4.78, 5) is 15.4. The van der Waals surface area contributed by atoms with E-state index in [0.717, 1.165) is 24.5 Å². The van der Waals surface area contributed by atoms with E-state index in [1.54, 1.807) is 12.1 Å². The van der Waals surface area contributed by atoms with Crippen molar-refractivity contribution < 1.29 is 27.4 Å². The zero-order chi connectivity index (χ0) is 23.5. The van der Waals surface area contributed by atoms with Crippen LogP contribution in [0.25, 0.3) is 0 Å². The highest BCUT2D eigenvalue weighted by Crippen LogP contribution is 2.34. The molecule has 5 rings (SSSR count). The maximum absolute atomic E-state index is 13.2. The Morgan fingerprint density at radius 2 is 1.59 bits per heavy atom. The van der Waals surface area contributed by atoms with E-state index in [-0.39, 0.29) is 16.7 Å². The molecule has 0 aliphatic carbocycles. The lowest BCUT2D eigenvalue weighted by Gasteiger charge is -2.32. The van der Waals surface area contributed by atoms with E-state index >= 15 is 0 Å². The number of nitrogens with one attached hydrogen (secondary N) is 1. The monoisotopic (exact) mass is 487 g/mol. The molecular weight excluding hydrogens is 458 g/mol. The standard InChI is InChI=1S/C24H29N3O6S/c28-24(25-20-3-1-2-4-21(20)26-11-13-31-14-12-26)18-7-9-27(10-8-18)34(29,30)19-5-6-22-23(17-19)33-16-15-32-22/h1-6,17-18H,7-16H2,(H,25,28). The van der Waals surface area contributed by atoms with Gasteiger partial charge in [-0.1, -0.05) is 12.1 Å². The molecule has 0 radical (unpaired) electrons. The molecule has 0 spiro atoms. The smallest absolute Gasteiger partial charge is 0.243 e. The molecule has 0 aromatic heterocycles. The van der Waals surface area contributed by atoms with Gasteiger partial charge in [-0.25, -0.2) is 8.42 Å². The summed E-state index contributed by atoms with van der Waals surface area (Å²) in [6.07, 6.45) is 0.935. The van der Waals surface area contributed by atoms with Crippen molar-refractivity contribution in [3.63, 3.8) is 0 Å². The minimum Gasteiger partial charge on any atom is -0.486 e. The van der Waals surface area contributed by atoms with Crippen molar-refractivity contribution >= 4 is 27.3 Å². The Hall–Kier alpha value is -2.82. The van der Waals surface area contributed by atoms with Crippen molar-refractivity contribution in [3.8, 4) is 11.5 Å². The first-order chi connectivity index (χ1) is 16.5. The zero-order valence-electron chi connectivity index (χ0n) is 18.9. The third kappa shape index (κ3) is 4.70. The lowest BCUT2D eigenvalue weighted by atomic mass is 9.97. The summed E-state index contributed by atoms with van der Waals surface area (Å²) >= 11 is 0. The summed E-state index contributed by atoms with van der Waals surface area (Å²) in [6, 6.07) is 12.5. The van der Waals surface area contributed by atoms with E-state index in [1.807, 2.05) is 24.3 Å². The van der Waals surface area contributed by atoms with Crippen molar-refractivity contribution in [2.45, 2.75) is 17.7 Å². The first-order valence-electron chi connectivity index (χ1n) is 11.6. The third-order valence-electron chi connectivity index (χ3n) is 6.49. The van der Waals surface area contributed by atoms with E-state index in [0.29, 0.717) is 63.9 Å². The van der Waals surface area contributed by atoms with Crippen LogP contribution in [-0.2, 0) is 19.6 Å². The molecule has 0 atom stereocenters. The molecule has 182 valence electrons. The highest BCUT2D eigenvalue weighted by atomic mass is 32.2. The van der Waals surface area contributed by atoms with E-state index in [1.165, 1.54) is 10.4 Å². The summed E-state index contributed by atoms with van der Waals surface area (Å²) in [5.74, 6) is 0.681. The number of nitrogens with zero attached hydrogens (tertiary/aromatic N) is 2. The highest BCUT2D eigenvalue weighted by Gasteiger charge is 2.33. The maximum Gasteiger partial charge on any atom is 0.243 e. The number of amides is 1. The van der Waals surface area contributed by atoms with Gasteiger partial charge < -0.3 is 24.4 Å². The van der Waals surface area contributed by atoms with Crippen molar-refractivity contribution in [1.29, 1.82) is 0 Å². The number of piperidine rings is 1. The summed E-state index contributed by atoms with van der Waals surface area (Å²) in [7, 11) is -3.68. The molecule has 2 fully saturated rings. The fourth-order valence-electron chi connectivity index (χ4n) is 4.59. The molecule has 3 aliphatic heterocycles. The minimum absolute atomic E-state index is 0.0721. The van der Waals surface area contributed by atoms with Crippen molar-refractivity contribution in [1.82, 2.24) is 4.31 Å². The number of carbonyl (C=O) groups is 1. The van der Waals surface area contributed by atoms with Crippen LogP contribution in [0.15, 0.2) is 47.4 Å². The van der Waals surface area contributed by atoms with E-state index in [9.17, 15) is 13.2 Å². The molecule has 0 bridgehead atoms. The number of benzene rings is 2. The van der Waals surface area contributed by atoms with Gasteiger partial charge in [0.25, 0.3) is 0 Å². The lowest BCUT2D eigenvalue weighted by molar-refractivity contribution is -0.120. The minimum atomic E-state index is -3.68. The highest BCUT2D eigenvalue weighted by molar-refractivity contribution is 7.89. The number of para-hydroxylation sites is 2. The van der Waals surface area contributed by atoms with Gasteiger partial charge in [0.2, 0.25) is 15.9 Å². The van der Waals surface area contributed by atoms with Crippen molar-refractivity contribution in [2.24, 2.45) is 5.92 Å². The van der Waals surface area contributed by atoms with Gasteiger partial charge >= 0.3 is 0 Å². The number of ether oxygens (including phenoxy) is 3. The van der Waals surface area contributed by atoms with Crippen LogP contribution < -0.4 is 19.7 Å². The first-order valence-corrected chi connectivity index (χ1v) is 13.1. The second kappa shape index (κ2) is 9.81. The van der Waals surface area contributed by atoms with Gasteiger partial charge in [-0.15, -0.1) is 0 Å². The summed E-state index contributed by atoms with van der Waals surface area (Å²) in [5.41, 5.74) is 1.76. The van der Waals surface area contributed by atoms with E-state index < -0.39 is 10.0 Å². The number of sulfonamides is 1. The Balaban J connectivity index is 1.22. The van der Waals surface area contributed by atoms with Gasteiger partial charge in [0.05, 0.1) is 29.5 Å². The Labute approximate surface area is 199 Å². The predicted octanol–water partition coefficient (Wildman–Crippen LogP) is 2.33. The lowest BCUT2D eigenvalue weighted by Crippen LogP contribution is -2.41. The van der Waals surface area contributed by atoms with E-state index in [4.69, 9.17) is 14.2 Å². The number of carbonyl (C=O) groups excluding carboxylic acids is 1. The maximum atomic E-state index is 13.2. The van der Waals surface area contributed by atoms with Gasteiger partial charge in [-0.05, 0) is 37.1 Å². The number of fused-ring (bicyclic) bond motifs is 1. The molecule has 2 aromatic rings. The van der Waals surface area contributed by atoms with Crippen LogP contribution in [0.3, 0.4) is 0 Å². The van der Waals surface area contributed by atoms with Crippen LogP contribution in [0.5, 0.6) is 11.5 Å². The van der Waals surface area contributed by atoms with Crippen molar-refractivity contribution in [3.05, 3.63) is 42.5 Å². The molecule has 3 aliphatic rings. The summed E-state index contributed by atoms with van der Waals surface area (Å²) in [5, 5.41) is 3.08. The Bertz CT molecular complexity index is 1140. The molecule has 0 unspecified atom stereocenters. The Kier molecular flexibility index (Phi) is 6.62. The fourth-order valence-corrected chi connectivity index (χ4v) is 6.07. The molecule has 10 heteroatoms. The Morgan fingerprint density at radius 1 is 0.882 bits per heavy atom. The SMILES string of the molecule is O=C(Nc1ccccc1N1CCOCC1)C1CCN(S(=O)(=O)c2ccc3c(c2)OCCO3)CC1. The van der Waals surface area contributed by atoms with Crippen LogP contribution in [0.4, 0.5) is 11.4 Å². The average Bonchev–Trinajstić information content (AvgIpc) is 2.89. The number of rotatable bonds is 5. The normalized spacial score (nSPS) is 19.6. The average molecular weight is 488 g/mol. The molecular formula is C24H29N3O6S. The van der Waals surface area contributed by atoms with Crippen LogP contribution in [0.2, 0.25) is 0 Å². The van der Waals surface area contributed by atoms with Crippen LogP contribution in [0.1, 0.15) is 12.8 Å². The molecule has 2 aromatic carbocycles. The number of morpholine rings is 1. The first kappa shape index (κ1) is 22.9. The number of anilines is 2. The van der Waals surface area contributed by atoms with Gasteiger partial charge in [-0.2, -0.15) is 4.31 Å². The van der Waals surface area contributed by atoms with Gasteiger partial charge in [-0.3, -0.25) is 4.79 Å². The molecule has 3 heterocycles. The van der Waals surface area contributed by atoms with Crippen LogP contribution in [0, 0.1) is 5.92 Å². The summed E-state index contributed by atoms with van der Waals surface area (Å²) in [6.45, 7) is 4.32. The number of hydrogen-bond acceptors (Lipinski definition) is 7. The van der Waals surface area contributed by atoms with Crippen LogP contribution >= 0.6 is 0 Å². The molecule has 1 amide bonds. The van der Waals surface area contributed by atoms with Gasteiger partial charge in [0.15, 0.2) is 11.5 Å².